The van der Waals surface area contributed by atoms with Crippen molar-refractivity contribution in [3.8, 4) is 11.6 Å². The highest BCUT2D eigenvalue weighted by Crippen LogP contribution is 2.34. The Morgan fingerprint density at radius 2 is 1.95 bits per heavy atom. The van der Waals surface area contributed by atoms with E-state index in [1.54, 1.807) is 24.3 Å². The Balaban J connectivity index is 2.21. The number of rotatable bonds is 0. The van der Waals surface area contributed by atoms with E-state index in [9.17, 15) is 8.42 Å². The summed E-state index contributed by atoms with van der Waals surface area (Å²) in [4.78, 5) is 0. The molecule has 0 atom stereocenters. The van der Waals surface area contributed by atoms with E-state index in [1.807, 2.05) is 26.8 Å². The lowest BCUT2D eigenvalue weighted by Gasteiger charge is -2.14. The van der Waals surface area contributed by atoms with Gasteiger partial charge in [-0.1, -0.05) is 39.0 Å². The van der Waals surface area contributed by atoms with Crippen LogP contribution in [0, 0.1) is 0 Å². The fourth-order valence-electron chi connectivity index (χ4n) is 2.08. The number of hydrogen-bond acceptors (Lipinski definition) is 4. The van der Waals surface area contributed by atoms with Crippen LogP contribution in [0.5, 0.6) is 11.6 Å². The predicted molar refractivity (Wildman–Crippen MR) is 75.5 cm³/mol. The van der Waals surface area contributed by atoms with Gasteiger partial charge in [0.05, 0.1) is 11.4 Å². The topological polar surface area (TPSA) is 61.2 Å². The third kappa shape index (κ3) is 2.10. The highest BCUT2D eigenvalue weighted by atomic mass is 32.2. The normalized spacial score (nSPS) is 16.8. The SMILES string of the molecule is CC(C)(C)c1cc2n(n1)S(=O)(=O)Cc1ccccc1O2. The lowest BCUT2D eigenvalue weighted by atomic mass is 9.93. The van der Waals surface area contributed by atoms with Crippen LogP contribution in [0.2, 0.25) is 0 Å². The van der Waals surface area contributed by atoms with Crippen LogP contribution in [0.15, 0.2) is 30.3 Å². The number of nitrogens with zero attached hydrogens (tertiary/aromatic N) is 2. The maximum absolute atomic E-state index is 12.4. The van der Waals surface area contributed by atoms with Gasteiger partial charge >= 0.3 is 0 Å². The second-order valence-electron chi connectivity index (χ2n) is 5.93. The van der Waals surface area contributed by atoms with Crippen LogP contribution in [0.4, 0.5) is 0 Å². The molecule has 0 fully saturated rings. The summed E-state index contributed by atoms with van der Waals surface area (Å²) in [5, 5.41) is 4.22. The molecule has 2 aromatic rings. The molecule has 0 saturated carbocycles. The van der Waals surface area contributed by atoms with E-state index < -0.39 is 10.0 Å². The maximum Gasteiger partial charge on any atom is 0.261 e. The van der Waals surface area contributed by atoms with Crippen LogP contribution in [0.3, 0.4) is 0 Å². The summed E-state index contributed by atoms with van der Waals surface area (Å²) in [6.45, 7) is 5.95. The van der Waals surface area contributed by atoms with Crippen LogP contribution in [-0.4, -0.2) is 17.6 Å². The van der Waals surface area contributed by atoms with Crippen molar-refractivity contribution in [2.24, 2.45) is 0 Å². The van der Waals surface area contributed by atoms with E-state index in [-0.39, 0.29) is 17.0 Å². The first-order valence-electron chi connectivity index (χ1n) is 6.37. The van der Waals surface area contributed by atoms with Gasteiger partial charge in [0.1, 0.15) is 5.75 Å². The summed E-state index contributed by atoms with van der Waals surface area (Å²) < 4.78 is 31.6. The highest BCUT2D eigenvalue weighted by Gasteiger charge is 2.30. The summed E-state index contributed by atoms with van der Waals surface area (Å²) in [6.07, 6.45) is 0. The third-order valence-electron chi connectivity index (χ3n) is 3.20. The first-order chi connectivity index (χ1) is 9.27. The lowest BCUT2D eigenvalue weighted by molar-refractivity contribution is 0.450. The molecule has 0 unspecified atom stereocenters. The first kappa shape index (κ1) is 13.2. The van der Waals surface area contributed by atoms with E-state index in [0.29, 0.717) is 17.0 Å². The molecule has 1 aromatic carbocycles. The van der Waals surface area contributed by atoms with Gasteiger partial charge in [-0.25, -0.2) is 8.42 Å². The fraction of sp³-hybridized carbons (Fsp3) is 0.357. The zero-order valence-corrected chi connectivity index (χ0v) is 12.4. The van der Waals surface area contributed by atoms with Gasteiger partial charge in [0.15, 0.2) is 0 Å². The smallest absolute Gasteiger partial charge is 0.261 e. The molecule has 0 amide bonds. The van der Waals surface area contributed by atoms with E-state index in [0.717, 1.165) is 4.09 Å². The summed E-state index contributed by atoms with van der Waals surface area (Å²) in [5.41, 5.74) is 1.10. The molecule has 0 aliphatic carbocycles. The molecule has 3 rings (SSSR count). The zero-order valence-electron chi connectivity index (χ0n) is 11.6. The monoisotopic (exact) mass is 292 g/mol. The van der Waals surface area contributed by atoms with E-state index in [1.165, 1.54) is 0 Å². The van der Waals surface area contributed by atoms with E-state index in [2.05, 4.69) is 5.10 Å². The van der Waals surface area contributed by atoms with Crippen molar-refractivity contribution in [2.45, 2.75) is 31.9 Å². The minimum absolute atomic E-state index is 0.110. The summed E-state index contributed by atoms with van der Waals surface area (Å²) >= 11 is 0. The fourth-order valence-corrected chi connectivity index (χ4v) is 3.41. The van der Waals surface area contributed by atoms with Crippen LogP contribution in [0.25, 0.3) is 0 Å². The second-order valence-corrected chi connectivity index (χ2v) is 7.73. The molecule has 20 heavy (non-hydrogen) atoms. The Kier molecular flexibility index (Phi) is 2.69. The molecule has 0 saturated heterocycles. The minimum atomic E-state index is -3.55. The Morgan fingerprint density at radius 3 is 2.65 bits per heavy atom. The minimum Gasteiger partial charge on any atom is -0.438 e. The number of aromatic nitrogens is 2. The standard InChI is InChI=1S/C14H16N2O3S/c1-14(2,3)12-8-13-16(15-12)20(17,18)9-10-6-4-5-7-11(10)19-13/h4-8H,9H2,1-3H3. The zero-order chi connectivity index (χ0) is 14.5. The molecule has 2 heterocycles. The molecular weight excluding hydrogens is 276 g/mol. The average molecular weight is 292 g/mol. The largest absolute Gasteiger partial charge is 0.438 e. The summed E-state index contributed by atoms with van der Waals surface area (Å²) in [6, 6.07) is 8.84. The van der Waals surface area contributed by atoms with E-state index in [4.69, 9.17) is 4.74 Å². The molecule has 1 aliphatic heterocycles. The van der Waals surface area contributed by atoms with Crippen molar-refractivity contribution in [1.82, 2.24) is 9.19 Å². The van der Waals surface area contributed by atoms with Gasteiger partial charge in [0, 0.05) is 17.0 Å². The molecule has 1 aromatic heterocycles. The third-order valence-corrected chi connectivity index (χ3v) is 4.67. The Morgan fingerprint density at radius 1 is 1.25 bits per heavy atom. The van der Waals surface area contributed by atoms with Gasteiger partial charge < -0.3 is 4.74 Å². The van der Waals surface area contributed by atoms with Crippen molar-refractivity contribution in [3.63, 3.8) is 0 Å². The van der Waals surface area contributed by atoms with Crippen LogP contribution in [-0.2, 0) is 21.2 Å². The summed E-state index contributed by atoms with van der Waals surface area (Å²) in [7, 11) is -3.55. The molecular formula is C14H16N2O3S. The van der Waals surface area contributed by atoms with Crippen molar-refractivity contribution >= 4 is 10.0 Å². The van der Waals surface area contributed by atoms with Gasteiger partial charge in [-0.15, -0.1) is 4.09 Å². The number of para-hydroxylation sites is 1. The molecule has 106 valence electrons. The van der Waals surface area contributed by atoms with Crippen LogP contribution in [0.1, 0.15) is 32.0 Å². The Bertz CT molecular complexity index is 770. The quantitative estimate of drug-likeness (QED) is 0.749. The van der Waals surface area contributed by atoms with Gasteiger partial charge in [-0.3, -0.25) is 0 Å². The second kappa shape index (κ2) is 4.09. The molecule has 0 N–H and O–H groups in total. The maximum atomic E-state index is 12.4. The first-order valence-corrected chi connectivity index (χ1v) is 7.98. The van der Waals surface area contributed by atoms with E-state index >= 15 is 0 Å². The van der Waals surface area contributed by atoms with Crippen LogP contribution < -0.4 is 4.74 Å². The molecule has 0 spiro atoms. The molecule has 1 aliphatic rings. The number of hydrogen-bond donors (Lipinski definition) is 0. The number of benzene rings is 1. The predicted octanol–water partition coefficient (Wildman–Crippen LogP) is 2.66. The molecule has 6 heteroatoms. The summed E-state index contributed by atoms with van der Waals surface area (Å²) in [5.74, 6) is 0.705. The van der Waals surface area contributed by atoms with Crippen molar-refractivity contribution in [2.75, 3.05) is 0 Å². The van der Waals surface area contributed by atoms with Crippen LogP contribution >= 0.6 is 0 Å². The lowest BCUT2D eigenvalue weighted by Crippen LogP contribution is -2.18. The highest BCUT2D eigenvalue weighted by molar-refractivity contribution is 7.89. The number of ether oxygens (including phenoxy) is 1. The van der Waals surface area contributed by atoms with Gasteiger partial charge in [-0.2, -0.15) is 5.10 Å². The van der Waals surface area contributed by atoms with Gasteiger partial charge in [-0.05, 0) is 6.07 Å². The van der Waals surface area contributed by atoms with Crippen molar-refractivity contribution < 1.29 is 13.2 Å². The van der Waals surface area contributed by atoms with Crippen molar-refractivity contribution in [3.05, 3.63) is 41.6 Å². The molecule has 0 radical (unpaired) electrons. The number of fused-ring (bicyclic) bond motifs is 2. The average Bonchev–Trinajstić information content (AvgIpc) is 2.72. The molecule has 5 nitrogen and oxygen atoms in total. The van der Waals surface area contributed by atoms with Gasteiger partial charge in [0.2, 0.25) is 5.88 Å². The molecule has 0 bridgehead atoms. The Labute approximate surface area is 118 Å². The Hall–Kier alpha value is -1.82. The van der Waals surface area contributed by atoms with Crippen molar-refractivity contribution in [1.29, 1.82) is 0 Å². The van der Waals surface area contributed by atoms with Gasteiger partial charge in [0.25, 0.3) is 10.0 Å².